The molecule has 0 atom stereocenters. The third kappa shape index (κ3) is 3.26. The SMILES string of the molecule is CCOc1ccc(NCc2cccn2CC)cc1OC. The first-order chi connectivity index (χ1) is 9.78. The number of hydrogen-bond donors (Lipinski definition) is 1. The van der Waals surface area contributed by atoms with Crippen molar-refractivity contribution in [3.8, 4) is 11.5 Å². The van der Waals surface area contributed by atoms with E-state index in [-0.39, 0.29) is 0 Å². The van der Waals surface area contributed by atoms with E-state index in [0.29, 0.717) is 6.61 Å². The molecule has 0 aliphatic carbocycles. The lowest BCUT2D eigenvalue weighted by Crippen LogP contribution is -2.06. The summed E-state index contributed by atoms with van der Waals surface area (Å²) < 4.78 is 13.1. The second kappa shape index (κ2) is 6.89. The number of rotatable bonds is 7. The molecule has 4 heteroatoms. The second-order valence-electron chi connectivity index (χ2n) is 4.44. The van der Waals surface area contributed by atoms with Crippen LogP contribution < -0.4 is 14.8 Å². The van der Waals surface area contributed by atoms with Crippen LogP contribution in [0.25, 0.3) is 0 Å². The Morgan fingerprint density at radius 3 is 2.70 bits per heavy atom. The Hall–Kier alpha value is -2.10. The fraction of sp³-hybridized carbons (Fsp3) is 0.375. The maximum absolute atomic E-state index is 5.51. The van der Waals surface area contributed by atoms with Crippen LogP contribution in [0.3, 0.4) is 0 Å². The monoisotopic (exact) mass is 274 g/mol. The zero-order valence-corrected chi connectivity index (χ0v) is 12.3. The molecule has 1 N–H and O–H groups in total. The molecule has 0 aliphatic rings. The largest absolute Gasteiger partial charge is 0.493 e. The zero-order valence-electron chi connectivity index (χ0n) is 12.3. The molecule has 0 radical (unpaired) electrons. The van der Waals surface area contributed by atoms with E-state index in [4.69, 9.17) is 9.47 Å². The summed E-state index contributed by atoms with van der Waals surface area (Å²) in [7, 11) is 1.66. The number of anilines is 1. The first-order valence-electron chi connectivity index (χ1n) is 6.97. The topological polar surface area (TPSA) is 35.4 Å². The van der Waals surface area contributed by atoms with Crippen LogP contribution in [0, 0.1) is 0 Å². The molecule has 20 heavy (non-hydrogen) atoms. The summed E-state index contributed by atoms with van der Waals surface area (Å²) in [6.45, 7) is 6.51. The van der Waals surface area contributed by atoms with Crippen LogP contribution in [0.4, 0.5) is 5.69 Å². The highest BCUT2D eigenvalue weighted by molar-refractivity contribution is 5.54. The van der Waals surface area contributed by atoms with E-state index < -0.39 is 0 Å². The average Bonchev–Trinajstić information content (AvgIpc) is 2.94. The van der Waals surface area contributed by atoms with E-state index in [1.165, 1.54) is 5.69 Å². The molecule has 1 heterocycles. The molecule has 0 bridgehead atoms. The van der Waals surface area contributed by atoms with Crippen molar-refractivity contribution in [2.45, 2.75) is 26.9 Å². The molecule has 0 saturated heterocycles. The van der Waals surface area contributed by atoms with E-state index in [9.17, 15) is 0 Å². The van der Waals surface area contributed by atoms with Gasteiger partial charge in [0.1, 0.15) is 0 Å². The van der Waals surface area contributed by atoms with Crippen LogP contribution in [0.5, 0.6) is 11.5 Å². The summed E-state index contributed by atoms with van der Waals surface area (Å²) in [5.41, 5.74) is 2.29. The van der Waals surface area contributed by atoms with Crippen LogP contribution in [-0.2, 0) is 13.1 Å². The molecule has 2 aromatic rings. The fourth-order valence-corrected chi connectivity index (χ4v) is 2.16. The minimum Gasteiger partial charge on any atom is -0.493 e. The van der Waals surface area contributed by atoms with E-state index in [1.54, 1.807) is 7.11 Å². The molecule has 1 aromatic heterocycles. The van der Waals surface area contributed by atoms with Gasteiger partial charge in [-0.15, -0.1) is 0 Å². The molecule has 0 amide bonds. The maximum Gasteiger partial charge on any atom is 0.162 e. The van der Waals surface area contributed by atoms with Gasteiger partial charge in [-0.3, -0.25) is 0 Å². The van der Waals surface area contributed by atoms with Crippen molar-refractivity contribution in [1.29, 1.82) is 0 Å². The lowest BCUT2D eigenvalue weighted by Gasteiger charge is -2.13. The Morgan fingerprint density at radius 1 is 1.15 bits per heavy atom. The number of nitrogens with one attached hydrogen (secondary N) is 1. The zero-order chi connectivity index (χ0) is 14.4. The summed E-state index contributed by atoms with van der Waals surface area (Å²) >= 11 is 0. The van der Waals surface area contributed by atoms with Gasteiger partial charge in [0, 0.05) is 30.2 Å². The van der Waals surface area contributed by atoms with E-state index >= 15 is 0 Å². The molecule has 4 nitrogen and oxygen atoms in total. The van der Waals surface area contributed by atoms with Gasteiger partial charge in [-0.25, -0.2) is 0 Å². The van der Waals surface area contributed by atoms with Gasteiger partial charge in [-0.05, 0) is 38.1 Å². The predicted octanol–water partition coefficient (Wildman–Crippen LogP) is 3.53. The van der Waals surface area contributed by atoms with Gasteiger partial charge in [-0.2, -0.15) is 0 Å². The summed E-state index contributed by atoms with van der Waals surface area (Å²) in [5.74, 6) is 1.53. The summed E-state index contributed by atoms with van der Waals surface area (Å²) in [6, 6.07) is 10.1. The van der Waals surface area contributed by atoms with Crippen molar-refractivity contribution in [3.05, 3.63) is 42.2 Å². The summed E-state index contributed by atoms with van der Waals surface area (Å²) in [6.07, 6.45) is 2.09. The van der Waals surface area contributed by atoms with Gasteiger partial charge in [0.25, 0.3) is 0 Å². The molecule has 0 saturated carbocycles. The first-order valence-corrected chi connectivity index (χ1v) is 6.97. The van der Waals surface area contributed by atoms with Gasteiger partial charge in [0.05, 0.1) is 20.3 Å². The highest BCUT2D eigenvalue weighted by Crippen LogP contribution is 2.30. The minimum absolute atomic E-state index is 0.632. The number of hydrogen-bond acceptors (Lipinski definition) is 3. The number of aromatic nitrogens is 1. The maximum atomic E-state index is 5.51. The molecule has 0 aliphatic heterocycles. The third-order valence-corrected chi connectivity index (χ3v) is 3.20. The van der Waals surface area contributed by atoms with Crippen LogP contribution in [0.15, 0.2) is 36.5 Å². The van der Waals surface area contributed by atoms with Crippen molar-refractivity contribution in [2.75, 3.05) is 19.0 Å². The van der Waals surface area contributed by atoms with Crippen LogP contribution in [0.2, 0.25) is 0 Å². The molecule has 1 aromatic carbocycles. The van der Waals surface area contributed by atoms with E-state index in [0.717, 1.165) is 30.3 Å². The van der Waals surface area contributed by atoms with Gasteiger partial charge < -0.3 is 19.4 Å². The van der Waals surface area contributed by atoms with Gasteiger partial charge >= 0.3 is 0 Å². The van der Waals surface area contributed by atoms with Gasteiger partial charge in [-0.1, -0.05) is 0 Å². The molecule has 0 unspecified atom stereocenters. The van der Waals surface area contributed by atoms with E-state index in [1.807, 2.05) is 25.1 Å². The molecule has 2 rings (SSSR count). The highest BCUT2D eigenvalue weighted by Gasteiger charge is 2.05. The lowest BCUT2D eigenvalue weighted by atomic mass is 10.2. The van der Waals surface area contributed by atoms with Crippen molar-refractivity contribution in [2.24, 2.45) is 0 Å². The van der Waals surface area contributed by atoms with Crippen LogP contribution >= 0.6 is 0 Å². The standard InChI is InChI=1S/C16H22N2O2/c1-4-18-10-6-7-14(18)12-17-13-8-9-15(20-5-2)16(11-13)19-3/h6-11,17H,4-5,12H2,1-3H3. The molecule has 108 valence electrons. The second-order valence-corrected chi connectivity index (χ2v) is 4.44. The fourth-order valence-electron chi connectivity index (χ4n) is 2.16. The van der Waals surface area contributed by atoms with Crippen molar-refractivity contribution >= 4 is 5.69 Å². The third-order valence-electron chi connectivity index (χ3n) is 3.20. The molecular formula is C16H22N2O2. The summed E-state index contributed by atoms with van der Waals surface area (Å²) in [5, 5.41) is 3.41. The molecule has 0 fully saturated rings. The Kier molecular flexibility index (Phi) is 4.93. The Balaban J connectivity index is 2.06. The Bertz CT molecular complexity index is 549. The number of ether oxygens (including phenoxy) is 2. The number of nitrogens with zero attached hydrogens (tertiary/aromatic N) is 1. The number of aryl methyl sites for hydroxylation is 1. The minimum atomic E-state index is 0.632. The normalized spacial score (nSPS) is 10.3. The quantitative estimate of drug-likeness (QED) is 0.839. The molecule has 0 spiro atoms. The number of methoxy groups -OCH3 is 1. The predicted molar refractivity (Wildman–Crippen MR) is 81.6 cm³/mol. The highest BCUT2D eigenvalue weighted by atomic mass is 16.5. The van der Waals surface area contributed by atoms with E-state index in [2.05, 4.69) is 35.1 Å². The lowest BCUT2D eigenvalue weighted by molar-refractivity contribution is 0.311. The van der Waals surface area contributed by atoms with Crippen LogP contribution in [0.1, 0.15) is 19.5 Å². The Morgan fingerprint density at radius 2 is 2.00 bits per heavy atom. The Labute approximate surface area is 120 Å². The first kappa shape index (κ1) is 14.3. The smallest absolute Gasteiger partial charge is 0.162 e. The van der Waals surface area contributed by atoms with Gasteiger partial charge in [0.15, 0.2) is 11.5 Å². The summed E-state index contributed by atoms with van der Waals surface area (Å²) in [4.78, 5) is 0. The van der Waals surface area contributed by atoms with Crippen molar-refractivity contribution in [1.82, 2.24) is 4.57 Å². The molecular weight excluding hydrogens is 252 g/mol. The number of benzene rings is 1. The van der Waals surface area contributed by atoms with Crippen LogP contribution in [-0.4, -0.2) is 18.3 Å². The van der Waals surface area contributed by atoms with Gasteiger partial charge in [0.2, 0.25) is 0 Å². The van der Waals surface area contributed by atoms with Crippen molar-refractivity contribution in [3.63, 3.8) is 0 Å². The van der Waals surface area contributed by atoms with Crippen molar-refractivity contribution < 1.29 is 9.47 Å². The average molecular weight is 274 g/mol.